The summed E-state index contributed by atoms with van der Waals surface area (Å²) in [6, 6.07) is 15.2. The highest BCUT2D eigenvalue weighted by molar-refractivity contribution is 7.89. The Morgan fingerprint density at radius 1 is 1.03 bits per heavy atom. The summed E-state index contributed by atoms with van der Waals surface area (Å²) >= 11 is 0. The maximum absolute atomic E-state index is 13.4. The van der Waals surface area contributed by atoms with Gasteiger partial charge in [-0.2, -0.15) is 0 Å². The van der Waals surface area contributed by atoms with Crippen LogP contribution in [0, 0.1) is 0 Å². The van der Waals surface area contributed by atoms with Crippen LogP contribution >= 0.6 is 0 Å². The molecular weight excluding hydrogens is 490 g/mol. The number of benzene rings is 2. The van der Waals surface area contributed by atoms with E-state index in [1.165, 1.54) is 17.8 Å². The van der Waals surface area contributed by atoms with Crippen molar-refractivity contribution in [2.75, 3.05) is 20.7 Å². The number of carbonyl (C=O) groups excluding carboxylic acids is 2. The minimum Gasteiger partial charge on any atom is -0.497 e. The summed E-state index contributed by atoms with van der Waals surface area (Å²) in [5.41, 5.74) is 0.884. The quantitative estimate of drug-likeness (QED) is 0.449. The number of hydrogen-bond acceptors (Lipinski definition) is 5. The third-order valence-corrected chi connectivity index (χ3v) is 8.82. The minimum absolute atomic E-state index is 0.131. The fourth-order valence-electron chi connectivity index (χ4n) is 4.57. The number of carbonyl (C=O) groups is 2. The number of rotatable bonds is 12. The molecule has 9 heteroatoms. The Bertz CT molecular complexity index is 1120. The predicted octanol–water partition coefficient (Wildman–Crippen LogP) is 3.96. The molecule has 8 nitrogen and oxygen atoms in total. The molecule has 1 aliphatic rings. The summed E-state index contributed by atoms with van der Waals surface area (Å²) in [5, 5.41) is 3.13. The lowest BCUT2D eigenvalue weighted by molar-refractivity contribution is -0.141. The fraction of sp³-hybridized carbons (Fsp3) is 0.500. The zero-order valence-corrected chi connectivity index (χ0v) is 22.9. The number of sulfonamides is 1. The first-order valence-corrected chi connectivity index (χ1v) is 14.4. The van der Waals surface area contributed by atoms with E-state index in [0.29, 0.717) is 12.2 Å². The topological polar surface area (TPSA) is 96.0 Å². The van der Waals surface area contributed by atoms with Gasteiger partial charge < -0.3 is 15.0 Å². The molecule has 1 saturated carbocycles. The Morgan fingerprint density at radius 3 is 2.30 bits per heavy atom. The van der Waals surface area contributed by atoms with Gasteiger partial charge in [-0.25, -0.2) is 12.7 Å². The number of methoxy groups -OCH3 is 1. The molecule has 0 aromatic heterocycles. The molecule has 3 rings (SSSR count). The summed E-state index contributed by atoms with van der Waals surface area (Å²) in [6.07, 6.45) is 5.81. The molecule has 1 unspecified atom stereocenters. The van der Waals surface area contributed by atoms with E-state index >= 15 is 0 Å². The highest BCUT2D eigenvalue weighted by Gasteiger charge is 2.28. The van der Waals surface area contributed by atoms with E-state index in [0.717, 1.165) is 31.2 Å². The van der Waals surface area contributed by atoms with Gasteiger partial charge in [0.15, 0.2) is 0 Å². The second-order valence-corrected chi connectivity index (χ2v) is 11.7. The molecule has 37 heavy (non-hydrogen) atoms. The Hall–Kier alpha value is -2.91. The SMILES string of the molecule is COc1ccc(CN(C(=O)CCCN(C)S(=O)(=O)c2ccccc2)C(C)C(=O)NC2CCCCC2)cc1. The molecule has 202 valence electrons. The minimum atomic E-state index is -3.63. The van der Waals surface area contributed by atoms with Crippen molar-refractivity contribution in [1.82, 2.24) is 14.5 Å². The van der Waals surface area contributed by atoms with E-state index in [4.69, 9.17) is 4.74 Å². The standard InChI is InChI=1S/C28H39N3O5S/c1-22(28(33)29-24-11-6-4-7-12-24)31(21-23-16-18-25(36-3)19-17-23)27(32)15-10-20-30(2)37(34,35)26-13-8-5-9-14-26/h5,8-9,13-14,16-19,22,24H,4,6-7,10-12,15,20-21H2,1-3H3,(H,29,33). The zero-order chi connectivity index (χ0) is 26.8. The van der Waals surface area contributed by atoms with Crippen molar-refractivity contribution in [2.24, 2.45) is 0 Å². The van der Waals surface area contributed by atoms with E-state index in [9.17, 15) is 18.0 Å². The molecule has 1 fully saturated rings. The first kappa shape index (κ1) is 28.7. The first-order chi connectivity index (χ1) is 17.7. The molecule has 0 aliphatic heterocycles. The lowest BCUT2D eigenvalue weighted by Gasteiger charge is -2.31. The van der Waals surface area contributed by atoms with Gasteiger partial charge in [0, 0.05) is 32.6 Å². The molecular formula is C28H39N3O5S. The number of amides is 2. The number of ether oxygens (including phenoxy) is 1. The normalized spacial score (nSPS) is 15.2. The summed E-state index contributed by atoms with van der Waals surface area (Å²) in [4.78, 5) is 28.3. The molecule has 1 aliphatic carbocycles. The van der Waals surface area contributed by atoms with E-state index in [1.54, 1.807) is 49.3 Å². The van der Waals surface area contributed by atoms with Crippen molar-refractivity contribution in [2.45, 2.75) is 75.4 Å². The van der Waals surface area contributed by atoms with Gasteiger partial charge in [0.2, 0.25) is 21.8 Å². The first-order valence-electron chi connectivity index (χ1n) is 13.0. The Balaban J connectivity index is 1.66. The van der Waals surface area contributed by atoms with Crippen molar-refractivity contribution in [3.05, 3.63) is 60.2 Å². The molecule has 2 aromatic carbocycles. The maximum Gasteiger partial charge on any atom is 0.242 e. The van der Waals surface area contributed by atoms with Crippen molar-refractivity contribution in [3.8, 4) is 5.75 Å². The molecule has 0 saturated heterocycles. The lowest BCUT2D eigenvalue weighted by Crippen LogP contribution is -2.50. The average molecular weight is 530 g/mol. The van der Waals surface area contributed by atoms with Gasteiger partial charge in [-0.1, -0.05) is 49.6 Å². The van der Waals surface area contributed by atoms with Crippen LogP contribution in [0.4, 0.5) is 0 Å². The van der Waals surface area contributed by atoms with Crippen molar-refractivity contribution in [1.29, 1.82) is 0 Å². The maximum atomic E-state index is 13.4. The molecule has 0 bridgehead atoms. The van der Waals surface area contributed by atoms with Crippen LogP contribution in [0.2, 0.25) is 0 Å². The number of nitrogens with zero attached hydrogens (tertiary/aromatic N) is 2. The molecule has 0 heterocycles. The third kappa shape index (κ3) is 8.04. The van der Waals surface area contributed by atoms with Gasteiger partial charge in [0.25, 0.3) is 0 Å². The highest BCUT2D eigenvalue weighted by atomic mass is 32.2. The fourth-order valence-corrected chi connectivity index (χ4v) is 5.80. The molecule has 0 radical (unpaired) electrons. The van der Waals surface area contributed by atoms with Crippen LogP contribution in [0.15, 0.2) is 59.5 Å². The van der Waals surface area contributed by atoms with E-state index in [2.05, 4.69) is 5.32 Å². The molecule has 2 amide bonds. The van der Waals surface area contributed by atoms with E-state index < -0.39 is 16.1 Å². The number of nitrogens with one attached hydrogen (secondary N) is 1. The van der Waals surface area contributed by atoms with Crippen LogP contribution < -0.4 is 10.1 Å². The van der Waals surface area contributed by atoms with Crippen molar-refractivity contribution >= 4 is 21.8 Å². The van der Waals surface area contributed by atoms with Crippen LogP contribution in [0.25, 0.3) is 0 Å². The summed E-state index contributed by atoms with van der Waals surface area (Å²) in [7, 11) is -0.515. The van der Waals surface area contributed by atoms with Gasteiger partial charge in [0.05, 0.1) is 12.0 Å². The zero-order valence-electron chi connectivity index (χ0n) is 22.1. The monoisotopic (exact) mass is 529 g/mol. The van der Waals surface area contributed by atoms with Crippen molar-refractivity contribution < 1.29 is 22.7 Å². The average Bonchev–Trinajstić information content (AvgIpc) is 2.92. The summed E-state index contributed by atoms with van der Waals surface area (Å²) in [5.74, 6) is 0.373. The van der Waals surface area contributed by atoms with Crippen LogP contribution in [-0.2, 0) is 26.2 Å². The molecule has 0 spiro atoms. The van der Waals surface area contributed by atoms with Crippen LogP contribution in [0.1, 0.15) is 57.4 Å². The van der Waals surface area contributed by atoms with Crippen molar-refractivity contribution in [3.63, 3.8) is 0 Å². The largest absolute Gasteiger partial charge is 0.497 e. The van der Waals surface area contributed by atoms with Gasteiger partial charge in [-0.3, -0.25) is 9.59 Å². The van der Waals surface area contributed by atoms with Crippen LogP contribution in [0.5, 0.6) is 5.75 Å². The van der Waals surface area contributed by atoms with Gasteiger partial charge in [0.1, 0.15) is 11.8 Å². The second kappa shape index (κ2) is 13.6. The molecule has 1 N–H and O–H groups in total. The van der Waals surface area contributed by atoms with Gasteiger partial charge in [-0.15, -0.1) is 0 Å². The third-order valence-electron chi connectivity index (χ3n) is 6.95. The Kier molecular flexibility index (Phi) is 10.5. The Labute approximate surface area is 221 Å². The molecule has 1 atom stereocenters. The van der Waals surface area contributed by atoms with Gasteiger partial charge in [-0.05, 0) is 56.0 Å². The van der Waals surface area contributed by atoms with E-state index in [-0.39, 0.29) is 42.3 Å². The smallest absolute Gasteiger partial charge is 0.242 e. The van der Waals surface area contributed by atoms with Gasteiger partial charge >= 0.3 is 0 Å². The second-order valence-electron chi connectivity index (χ2n) is 9.63. The number of hydrogen-bond donors (Lipinski definition) is 1. The van der Waals surface area contributed by atoms with Crippen LogP contribution in [-0.4, -0.2) is 62.2 Å². The molecule has 2 aromatic rings. The lowest BCUT2D eigenvalue weighted by atomic mass is 9.95. The summed E-state index contributed by atoms with van der Waals surface area (Å²) in [6.45, 7) is 2.23. The van der Waals surface area contributed by atoms with Crippen LogP contribution in [0.3, 0.4) is 0 Å². The Morgan fingerprint density at radius 2 is 1.68 bits per heavy atom. The van der Waals surface area contributed by atoms with E-state index in [1.807, 2.05) is 24.3 Å². The highest BCUT2D eigenvalue weighted by Crippen LogP contribution is 2.20. The summed E-state index contributed by atoms with van der Waals surface area (Å²) < 4.78 is 32.1. The predicted molar refractivity (Wildman–Crippen MR) is 144 cm³/mol.